The number of hydrogen-bond donors (Lipinski definition) is 4. The maximum Gasteiger partial charge on any atom is 0.319 e. The second-order valence-electron chi connectivity index (χ2n) is 10.4. The molecule has 1 saturated heterocycles. The molecule has 0 aromatic heterocycles. The van der Waals surface area contributed by atoms with Crippen molar-refractivity contribution in [3.05, 3.63) is 89.0 Å². The number of rotatable bonds is 11. The topological polar surface area (TPSA) is 140 Å². The van der Waals surface area contributed by atoms with Crippen molar-refractivity contribution >= 4 is 23.5 Å². The minimum absolute atomic E-state index is 0.121. The van der Waals surface area contributed by atoms with Gasteiger partial charge in [-0.25, -0.2) is 13.6 Å². The van der Waals surface area contributed by atoms with Gasteiger partial charge in [-0.05, 0) is 86.3 Å². The molecule has 4 amide bonds. The van der Waals surface area contributed by atoms with Crippen molar-refractivity contribution in [1.82, 2.24) is 10.2 Å². The normalized spacial score (nSPS) is 14.6. The average molecular weight is 580 g/mol. The molecule has 0 aliphatic carbocycles. The number of ether oxygens (including phenoxy) is 1. The standard InChI is InChI=1S/C31H35F2N5O4/c1-2-3-27(36-31(41)37-28-16-24(30(35)40)25(32)17-26(28)33)20-12-14-38(15-13-20)18-19-4-8-22(9-5-19)42-23-10-6-21(7-11-23)29(34)39/h4-11,16-17,20,27H,2-3,12-15,18H2,1H3,(H2,34,39)(H2,35,40)(H2,36,37,41). The number of likely N-dealkylation sites (tertiary alicyclic amines) is 1. The summed E-state index contributed by atoms with van der Waals surface area (Å²) in [5, 5.41) is 5.33. The van der Waals surface area contributed by atoms with Crippen LogP contribution in [0.4, 0.5) is 19.3 Å². The molecule has 3 aromatic rings. The molecule has 1 aliphatic heterocycles. The van der Waals surface area contributed by atoms with E-state index in [0.717, 1.165) is 56.9 Å². The molecule has 222 valence electrons. The van der Waals surface area contributed by atoms with Gasteiger partial charge in [0.1, 0.15) is 23.1 Å². The number of benzene rings is 3. The monoisotopic (exact) mass is 579 g/mol. The first-order valence-electron chi connectivity index (χ1n) is 13.9. The van der Waals surface area contributed by atoms with E-state index in [1.54, 1.807) is 24.3 Å². The number of halogens is 2. The molecule has 9 nitrogen and oxygen atoms in total. The SMILES string of the molecule is CCCC(NC(=O)Nc1cc(C(N)=O)c(F)cc1F)C1CCN(Cc2ccc(Oc3ccc(C(N)=O)cc3)cc2)CC1. The Labute approximate surface area is 243 Å². The van der Waals surface area contributed by atoms with Gasteiger partial charge < -0.3 is 26.8 Å². The van der Waals surface area contributed by atoms with Crippen LogP contribution >= 0.6 is 0 Å². The molecule has 0 spiro atoms. The zero-order valence-corrected chi connectivity index (χ0v) is 23.4. The molecule has 0 radical (unpaired) electrons. The molecule has 1 aliphatic rings. The van der Waals surface area contributed by atoms with Gasteiger partial charge >= 0.3 is 6.03 Å². The number of nitrogens with two attached hydrogens (primary N) is 2. The van der Waals surface area contributed by atoms with Crippen LogP contribution in [0.3, 0.4) is 0 Å². The summed E-state index contributed by atoms with van der Waals surface area (Å²) in [4.78, 5) is 37.7. The number of nitrogens with zero attached hydrogens (tertiary/aromatic N) is 1. The van der Waals surface area contributed by atoms with E-state index in [4.69, 9.17) is 16.2 Å². The summed E-state index contributed by atoms with van der Waals surface area (Å²) >= 11 is 0. The smallest absolute Gasteiger partial charge is 0.319 e. The Morgan fingerprint density at radius 3 is 2.12 bits per heavy atom. The van der Waals surface area contributed by atoms with E-state index in [0.29, 0.717) is 23.1 Å². The van der Waals surface area contributed by atoms with E-state index < -0.39 is 35.0 Å². The Hall–Kier alpha value is -4.51. The molecule has 11 heteroatoms. The lowest BCUT2D eigenvalue weighted by atomic mass is 9.87. The summed E-state index contributed by atoms with van der Waals surface area (Å²) in [7, 11) is 0. The molecule has 1 fully saturated rings. The number of nitrogens with one attached hydrogen (secondary N) is 2. The number of carbonyl (C=O) groups is 3. The first kappa shape index (κ1) is 30.4. The van der Waals surface area contributed by atoms with Crippen LogP contribution in [-0.2, 0) is 6.54 Å². The highest BCUT2D eigenvalue weighted by Crippen LogP contribution is 2.27. The van der Waals surface area contributed by atoms with E-state index in [1.807, 2.05) is 31.2 Å². The van der Waals surface area contributed by atoms with Gasteiger partial charge in [0.15, 0.2) is 0 Å². The lowest BCUT2D eigenvalue weighted by molar-refractivity contribution is 0.0989. The van der Waals surface area contributed by atoms with Crippen LogP contribution in [0.1, 0.15) is 58.9 Å². The molecule has 1 unspecified atom stereocenters. The van der Waals surface area contributed by atoms with Gasteiger partial charge in [0.2, 0.25) is 5.91 Å². The highest BCUT2D eigenvalue weighted by Gasteiger charge is 2.28. The Kier molecular flexibility index (Phi) is 10.1. The summed E-state index contributed by atoms with van der Waals surface area (Å²) in [6.45, 7) is 4.52. The van der Waals surface area contributed by atoms with Crippen molar-refractivity contribution in [3.8, 4) is 11.5 Å². The Morgan fingerprint density at radius 1 is 0.929 bits per heavy atom. The molecule has 1 heterocycles. The number of piperidine rings is 1. The fourth-order valence-electron chi connectivity index (χ4n) is 5.15. The third-order valence-corrected chi connectivity index (χ3v) is 7.39. The molecule has 0 bridgehead atoms. The zero-order valence-electron chi connectivity index (χ0n) is 23.4. The van der Waals surface area contributed by atoms with Crippen LogP contribution in [0.25, 0.3) is 0 Å². The highest BCUT2D eigenvalue weighted by molar-refractivity contribution is 5.96. The second-order valence-corrected chi connectivity index (χ2v) is 10.4. The largest absolute Gasteiger partial charge is 0.457 e. The van der Waals surface area contributed by atoms with E-state index in [1.165, 1.54) is 0 Å². The quantitative estimate of drug-likeness (QED) is 0.249. The van der Waals surface area contributed by atoms with E-state index >= 15 is 0 Å². The van der Waals surface area contributed by atoms with E-state index in [-0.39, 0.29) is 17.6 Å². The third-order valence-electron chi connectivity index (χ3n) is 7.39. The van der Waals surface area contributed by atoms with Crippen molar-refractivity contribution in [1.29, 1.82) is 0 Å². The van der Waals surface area contributed by atoms with Crippen molar-refractivity contribution in [2.45, 2.75) is 45.2 Å². The van der Waals surface area contributed by atoms with Gasteiger partial charge in [-0.3, -0.25) is 14.5 Å². The number of urea groups is 1. The number of carbonyl (C=O) groups excluding carboxylic acids is 3. The molecule has 3 aromatic carbocycles. The molecule has 1 atom stereocenters. The highest BCUT2D eigenvalue weighted by atomic mass is 19.1. The van der Waals surface area contributed by atoms with Crippen LogP contribution in [0.5, 0.6) is 11.5 Å². The molecule has 6 N–H and O–H groups in total. The summed E-state index contributed by atoms with van der Waals surface area (Å²) in [6, 6.07) is 15.2. The predicted molar refractivity (Wildman–Crippen MR) is 155 cm³/mol. The first-order valence-corrected chi connectivity index (χ1v) is 13.9. The fraction of sp³-hybridized carbons (Fsp3) is 0.323. The lowest BCUT2D eigenvalue weighted by Gasteiger charge is -2.36. The van der Waals surface area contributed by atoms with Crippen LogP contribution in [-0.4, -0.2) is 41.9 Å². The summed E-state index contributed by atoms with van der Waals surface area (Å²) in [6.07, 6.45) is 3.36. The molecule has 4 rings (SSSR count). The van der Waals surface area contributed by atoms with Gasteiger partial charge in [0.05, 0.1) is 11.3 Å². The molecule has 0 saturated carbocycles. The van der Waals surface area contributed by atoms with E-state index in [9.17, 15) is 23.2 Å². The van der Waals surface area contributed by atoms with Gasteiger partial charge in [0, 0.05) is 24.2 Å². The van der Waals surface area contributed by atoms with Crippen LogP contribution in [0.2, 0.25) is 0 Å². The third kappa shape index (κ3) is 8.03. The minimum atomic E-state index is -1.08. The summed E-state index contributed by atoms with van der Waals surface area (Å²) in [5.41, 5.74) is 11.2. The van der Waals surface area contributed by atoms with Gasteiger partial charge in [0.25, 0.3) is 5.91 Å². The maximum atomic E-state index is 14.2. The molecular formula is C31H35F2N5O4. The van der Waals surface area contributed by atoms with Gasteiger partial charge in [-0.1, -0.05) is 25.5 Å². The minimum Gasteiger partial charge on any atom is -0.457 e. The summed E-state index contributed by atoms with van der Waals surface area (Å²) < 4.78 is 33.8. The molecule has 42 heavy (non-hydrogen) atoms. The van der Waals surface area contributed by atoms with Crippen molar-refractivity contribution in [2.24, 2.45) is 17.4 Å². The van der Waals surface area contributed by atoms with Crippen LogP contribution < -0.4 is 26.8 Å². The van der Waals surface area contributed by atoms with Crippen molar-refractivity contribution < 1.29 is 27.9 Å². The Bertz CT molecular complexity index is 1410. The number of anilines is 1. The number of primary amides is 2. The predicted octanol–water partition coefficient (Wildman–Crippen LogP) is 5.16. The molecular weight excluding hydrogens is 544 g/mol. The average Bonchev–Trinajstić information content (AvgIpc) is 2.96. The number of hydrogen-bond acceptors (Lipinski definition) is 5. The zero-order chi connectivity index (χ0) is 30.2. The number of amides is 4. The first-order chi connectivity index (χ1) is 20.1. The Morgan fingerprint density at radius 2 is 1.55 bits per heavy atom. The Balaban J connectivity index is 1.27. The van der Waals surface area contributed by atoms with E-state index in [2.05, 4.69) is 15.5 Å². The maximum absolute atomic E-state index is 14.2. The lowest BCUT2D eigenvalue weighted by Crippen LogP contribution is -2.46. The van der Waals surface area contributed by atoms with Crippen molar-refractivity contribution in [3.63, 3.8) is 0 Å². The summed E-state index contributed by atoms with van der Waals surface area (Å²) in [5.74, 6) is -2.09. The van der Waals surface area contributed by atoms with Gasteiger partial charge in [-0.15, -0.1) is 0 Å². The van der Waals surface area contributed by atoms with Gasteiger partial charge in [-0.2, -0.15) is 0 Å². The van der Waals surface area contributed by atoms with Crippen LogP contribution in [0, 0.1) is 17.6 Å². The van der Waals surface area contributed by atoms with Crippen LogP contribution in [0.15, 0.2) is 60.7 Å². The van der Waals surface area contributed by atoms with Crippen molar-refractivity contribution in [2.75, 3.05) is 18.4 Å². The fourth-order valence-corrected chi connectivity index (χ4v) is 5.15. The second kappa shape index (κ2) is 13.9.